The first-order valence-electron chi connectivity index (χ1n) is 8.49. The van der Waals surface area contributed by atoms with Gasteiger partial charge in [0.05, 0.1) is 5.69 Å². The summed E-state index contributed by atoms with van der Waals surface area (Å²) in [5, 5.41) is 13.9. The molecule has 3 rings (SSSR count). The lowest BCUT2D eigenvalue weighted by Crippen LogP contribution is -2.53. The summed E-state index contributed by atoms with van der Waals surface area (Å²) in [5.74, 6) is -1.72. The zero-order chi connectivity index (χ0) is 18.9. The van der Waals surface area contributed by atoms with Crippen molar-refractivity contribution in [2.45, 2.75) is 57.7 Å². The molecule has 1 aliphatic rings. The van der Waals surface area contributed by atoms with Crippen LogP contribution in [0.4, 0.5) is 13.2 Å². The first-order valence-corrected chi connectivity index (χ1v) is 8.49. The van der Waals surface area contributed by atoms with Gasteiger partial charge in [0.1, 0.15) is 5.54 Å². The minimum Gasteiger partial charge on any atom is -0.335 e. The van der Waals surface area contributed by atoms with E-state index < -0.39 is 17.6 Å². The molecule has 0 unspecified atom stereocenters. The molecule has 1 N–H and O–H groups in total. The van der Waals surface area contributed by atoms with E-state index in [0.29, 0.717) is 25.7 Å². The van der Waals surface area contributed by atoms with E-state index >= 15 is 0 Å². The molecule has 1 aromatic carbocycles. The van der Waals surface area contributed by atoms with Gasteiger partial charge >= 0.3 is 12.1 Å². The summed E-state index contributed by atoms with van der Waals surface area (Å²) in [6, 6.07) is 5.66. The Balaban J connectivity index is 2.10. The van der Waals surface area contributed by atoms with Crippen LogP contribution >= 0.6 is 0 Å². The van der Waals surface area contributed by atoms with E-state index in [9.17, 15) is 18.0 Å². The van der Waals surface area contributed by atoms with Crippen LogP contribution in [0.3, 0.4) is 0 Å². The molecule has 9 heteroatoms. The van der Waals surface area contributed by atoms with E-state index in [1.165, 1.54) is 4.68 Å². The van der Waals surface area contributed by atoms with Gasteiger partial charge in [0.15, 0.2) is 5.82 Å². The molecule has 2 aromatic rings. The standard InChI is InChI=1S/C17H20F3N5O/c1-11-7-6-8-12(2)13(11)25-14(22-23-24-25)16(9-4-3-5-10-16)21-15(26)17(18,19)20/h6-8H,3-5,9-10H2,1-2H3,(H,21,26). The van der Waals surface area contributed by atoms with Crippen molar-refractivity contribution in [2.24, 2.45) is 0 Å². The SMILES string of the molecule is Cc1cccc(C)c1-n1nnnc1C1(NC(=O)C(F)(F)F)CCCCC1. The lowest BCUT2D eigenvalue weighted by molar-refractivity contribution is -0.176. The molecule has 0 spiro atoms. The highest BCUT2D eigenvalue weighted by atomic mass is 19.4. The van der Waals surface area contributed by atoms with Crippen LogP contribution in [0.1, 0.15) is 49.1 Å². The molecule has 26 heavy (non-hydrogen) atoms. The van der Waals surface area contributed by atoms with Crippen molar-refractivity contribution in [3.05, 3.63) is 35.2 Å². The summed E-state index contributed by atoms with van der Waals surface area (Å²) in [5.41, 5.74) is 1.28. The van der Waals surface area contributed by atoms with Gasteiger partial charge in [-0.2, -0.15) is 17.9 Å². The Hall–Kier alpha value is -2.45. The van der Waals surface area contributed by atoms with Gasteiger partial charge in [-0.15, -0.1) is 5.10 Å². The van der Waals surface area contributed by atoms with E-state index in [4.69, 9.17) is 0 Å². The molecule has 0 radical (unpaired) electrons. The summed E-state index contributed by atoms with van der Waals surface area (Å²) in [7, 11) is 0. The number of para-hydroxylation sites is 1. The highest BCUT2D eigenvalue weighted by Gasteiger charge is 2.47. The van der Waals surface area contributed by atoms with Gasteiger partial charge in [0.2, 0.25) is 0 Å². The molecule has 1 fully saturated rings. The van der Waals surface area contributed by atoms with Gasteiger partial charge in [-0.25, -0.2) is 0 Å². The lowest BCUT2D eigenvalue weighted by Gasteiger charge is -2.37. The number of benzene rings is 1. The number of aromatic nitrogens is 4. The number of tetrazole rings is 1. The van der Waals surface area contributed by atoms with Crippen molar-refractivity contribution in [1.29, 1.82) is 0 Å². The second-order valence-corrected chi connectivity index (χ2v) is 6.75. The number of rotatable bonds is 3. The van der Waals surface area contributed by atoms with Crippen LogP contribution in [0.15, 0.2) is 18.2 Å². The molecule has 1 saturated carbocycles. The van der Waals surface area contributed by atoms with Crippen molar-refractivity contribution in [3.63, 3.8) is 0 Å². The van der Waals surface area contributed by atoms with Crippen molar-refractivity contribution >= 4 is 5.91 Å². The summed E-state index contributed by atoms with van der Waals surface area (Å²) >= 11 is 0. The fourth-order valence-corrected chi connectivity index (χ4v) is 3.62. The maximum Gasteiger partial charge on any atom is 0.471 e. The van der Waals surface area contributed by atoms with Crippen LogP contribution < -0.4 is 5.32 Å². The van der Waals surface area contributed by atoms with Crippen molar-refractivity contribution in [3.8, 4) is 5.69 Å². The molecule has 0 saturated heterocycles. The Morgan fingerprint density at radius 1 is 1.15 bits per heavy atom. The first kappa shape index (κ1) is 18.3. The highest BCUT2D eigenvalue weighted by molar-refractivity contribution is 5.82. The number of hydrogen-bond donors (Lipinski definition) is 1. The normalized spacial score (nSPS) is 17.1. The quantitative estimate of drug-likeness (QED) is 0.905. The Morgan fingerprint density at radius 2 is 1.77 bits per heavy atom. The largest absolute Gasteiger partial charge is 0.471 e. The van der Waals surface area contributed by atoms with Gasteiger partial charge in [0, 0.05) is 0 Å². The molecule has 1 aromatic heterocycles. The minimum atomic E-state index is -4.96. The van der Waals surface area contributed by atoms with Crippen LogP contribution in [0.2, 0.25) is 0 Å². The fraction of sp³-hybridized carbons (Fsp3) is 0.529. The Morgan fingerprint density at radius 3 is 2.35 bits per heavy atom. The average Bonchev–Trinajstić information content (AvgIpc) is 3.04. The maximum atomic E-state index is 12.9. The van der Waals surface area contributed by atoms with Crippen LogP contribution in [-0.4, -0.2) is 32.3 Å². The van der Waals surface area contributed by atoms with Crippen LogP contribution in [-0.2, 0) is 10.3 Å². The number of hydrogen-bond acceptors (Lipinski definition) is 4. The predicted molar refractivity (Wildman–Crippen MR) is 87.6 cm³/mol. The molecule has 1 aliphatic carbocycles. The second-order valence-electron chi connectivity index (χ2n) is 6.75. The van der Waals surface area contributed by atoms with Gasteiger partial charge in [-0.1, -0.05) is 37.5 Å². The third kappa shape index (κ3) is 3.30. The average molecular weight is 367 g/mol. The fourth-order valence-electron chi connectivity index (χ4n) is 3.62. The van der Waals surface area contributed by atoms with Gasteiger partial charge in [-0.3, -0.25) is 4.79 Å². The minimum absolute atomic E-state index is 0.243. The molecule has 0 atom stereocenters. The van der Waals surface area contributed by atoms with E-state index in [2.05, 4.69) is 20.8 Å². The number of nitrogens with one attached hydrogen (secondary N) is 1. The first-order chi connectivity index (χ1) is 12.2. The van der Waals surface area contributed by atoms with Crippen molar-refractivity contribution in [1.82, 2.24) is 25.5 Å². The second kappa shape index (κ2) is 6.69. The van der Waals surface area contributed by atoms with Crippen molar-refractivity contribution in [2.75, 3.05) is 0 Å². The van der Waals surface area contributed by atoms with Gasteiger partial charge in [0.25, 0.3) is 0 Å². The van der Waals surface area contributed by atoms with Crippen LogP contribution in [0, 0.1) is 13.8 Å². The number of amides is 1. The number of alkyl halides is 3. The Bertz CT molecular complexity index is 789. The Kier molecular flexibility index (Phi) is 4.72. The Labute approximate surface area is 148 Å². The number of halogens is 3. The monoisotopic (exact) mass is 367 g/mol. The highest BCUT2D eigenvalue weighted by Crippen LogP contribution is 2.38. The maximum absolute atomic E-state index is 12.9. The van der Waals surface area contributed by atoms with Crippen molar-refractivity contribution < 1.29 is 18.0 Å². The van der Waals surface area contributed by atoms with Crippen LogP contribution in [0.5, 0.6) is 0 Å². The van der Waals surface area contributed by atoms with Gasteiger partial charge < -0.3 is 5.32 Å². The van der Waals surface area contributed by atoms with E-state index in [-0.39, 0.29) is 5.82 Å². The number of carbonyl (C=O) groups is 1. The zero-order valence-electron chi connectivity index (χ0n) is 14.6. The molecule has 1 heterocycles. The third-order valence-corrected chi connectivity index (χ3v) is 4.87. The molecule has 0 aliphatic heterocycles. The van der Waals surface area contributed by atoms with E-state index in [1.54, 1.807) is 0 Å². The summed E-state index contributed by atoms with van der Waals surface area (Å²) in [6.07, 6.45) is -1.95. The topological polar surface area (TPSA) is 72.7 Å². The number of aryl methyl sites for hydroxylation is 2. The van der Waals surface area contributed by atoms with E-state index in [1.807, 2.05) is 32.0 Å². The molecular formula is C17H20F3N5O. The molecule has 1 amide bonds. The molecular weight excluding hydrogens is 347 g/mol. The molecule has 6 nitrogen and oxygen atoms in total. The predicted octanol–water partition coefficient (Wildman–Crippen LogP) is 3.12. The molecule has 0 bridgehead atoms. The smallest absolute Gasteiger partial charge is 0.335 e. The number of nitrogens with zero attached hydrogens (tertiary/aromatic N) is 4. The third-order valence-electron chi connectivity index (χ3n) is 4.87. The van der Waals surface area contributed by atoms with Crippen LogP contribution in [0.25, 0.3) is 5.69 Å². The summed E-state index contributed by atoms with van der Waals surface area (Å²) < 4.78 is 40.2. The zero-order valence-corrected chi connectivity index (χ0v) is 14.6. The summed E-state index contributed by atoms with van der Waals surface area (Å²) in [4.78, 5) is 11.7. The number of carbonyl (C=O) groups excluding carboxylic acids is 1. The van der Waals surface area contributed by atoms with Gasteiger partial charge in [-0.05, 0) is 48.2 Å². The lowest BCUT2D eigenvalue weighted by atomic mass is 9.80. The molecule has 140 valence electrons. The summed E-state index contributed by atoms with van der Waals surface area (Å²) in [6.45, 7) is 3.77. The van der Waals surface area contributed by atoms with E-state index in [0.717, 1.165) is 23.2 Å².